The number of nitrogens with one attached hydrogen (secondary N) is 2. The summed E-state index contributed by atoms with van der Waals surface area (Å²) in [4.78, 5) is 4.58. The highest BCUT2D eigenvalue weighted by atomic mass is 127. The smallest absolute Gasteiger partial charge is 0.191 e. The standard InChI is InChI=1S/C18H27BrN6O.HI/c1-4-17-24-22-13-25(17)11-9-20-18(21-10-12-26-3)23-14(2)15-7-5-6-8-16(15)19;/h5-8,13-14H,4,9-12H2,1-3H3,(H2,20,21,23);1H. The number of aromatic nitrogens is 3. The van der Waals surface area contributed by atoms with Crippen LogP contribution in [-0.2, 0) is 17.7 Å². The molecule has 0 radical (unpaired) electrons. The monoisotopic (exact) mass is 550 g/mol. The quantitative estimate of drug-likeness (QED) is 0.217. The normalized spacial score (nSPS) is 12.4. The van der Waals surface area contributed by atoms with E-state index in [0.29, 0.717) is 13.2 Å². The van der Waals surface area contributed by atoms with Crippen molar-refractivity contribution >= 4 is 45.9 Å². The molecule has 1 heterocycles. The van der Waals surface area contributed by atoms with E-state index in [4.69, 9.17) is 4.74 Å². The molecular weight excluding hydrogens is 523 g/mol. The van der Waals surface area contributed by atoms with E-state index in [1.54, 1.807) is 13.4 Å². The van der Waals surface area contributed by atoms with Gasteiger partial charge in [-0.25, -0.2) is 0 Å². The Labute approximate surface area is 186 Å². The summed E-state index contributed by atoms with van der Waals surface area (Å²) in [5.74, 6) is 1.75. The Morgan fingerprint density at radius 3 is 2.85 bits per heavy atom. The third kappa shape index (κ3) is 7.74. The molecule has 0 saturated carbocycles. The van der Waals surface area contributed by atoms with Crippen molar-refractivity contribution in [2.24, 2.45) is 4.99 Å². The van der Waals surface area contributed by atoms with Crippen LogP contribution in [0.2, 0.25) is 0 Å². The van der Waals surface area contributed by atoms with Gasteiger partial charge in [0.25, 0.3) is 0 Å². The maximum absolute atomic E-state index is 5.10. The van der Waals surface area contributed by atoms with E-state index in [9.17, 15) is 0 Å². The van der Waals surface area contributed by atoms with Gasteiger partial charge in [-0.1, -0.05) is 41.1 Å². The molecule has 2 rings (SSSR count). The number of guanidine groups is 1. The lowest BCUT2D eigenvalue weighted by atomic mass is 10.1. The predicted octanol–water partition coefficient (Wildman–Crippen LogP) is 3.16. The number of rotatable bonds is 9. The first kappa shape index (κ1) is 23.8. The van der Waals surface area contributed by atoms with Gasteiger partial charge in [0.05, 0.1) is 19.2 Å². The molecule has 0 amide bonds. The molecule has 2 aromatic rings. The Kier molecular flexibility index (Phi) is 11.5. The van der Waals surface area contributed by atoms with Crippen molar-refractivity contribution in [2.45, 2.75) is 32.9 Å². The second-order valence-electron chi connectivity index (χ2n) is 5.83. The zero-order valence-corrected chi connectivity index (χ0v) is 19.9. The maximum Gasteiger partial charge on any atom is 0.191 e. The molecular formula is C18H28BrIN6O. The topological polar surface area (TPSA) is 76.4 Å². The summed E-state index contributed by atoms with van der Waals surface area (Å²) in [5.41, 5.74) is 1.18. The molecule has 0 bridgehead atoms. The third-order valence-electron chi connectivity index (χ3n) is 3.95. The van der Waals surface area contributed by atoms with Gasteiger partial charge < -0.3 is 19.9 Å². The SMILES string of the molecule is CCc1nncn1CCNC(=NCCOC)NC(C)c1ccccc1Br.I. The summed E-state index contributed by atoms with van der Waals surface area (Å²) in [6.07, 6.45) is 2.63. The van der Waals surface area contributed by atoms with Crippen LogP contribution in [0, 0.1) is 0 Å². The first-order chi connectivity index (χ1) is 12.7. The molecule has 27 heavy (non-hydrogen) atoms. The van der Waals surface area contributed by atoms with Gasteiger partial charge in [0.2, 0.25) is 0 Å². The van der Waals surface area contributed by atoms with Crippen molar-refractivity contribution < 1.29 is 4.74 Å². The molecule has 0 spiro atoms. The van der Waals surface area contributed by atoms with Crippen LogP contribution >= 0.6 is 39.9 Å². The molecule has 0 saturated heterocycles. The fourth-order valence-corrected chi connectivity index (χ4v) is 3.17. The molecule has 0 aliphatic carbocycles. The van der Waals surface area contributed by atoms with E-state index in [2.05, 4.69) is 66.2 Å². The molecule has 1 unspecified atom stereocenters. The lowest BCUT2D eigenvalue weighted by Gasteiger charge is -2.20. The molecule has 7 nitrogen and oxygen atoms in total. The van der Waals surface area contributed by atoms with E-state index in [0.717, 1.165) is 35.8 Å². The van der Waals surface area contributed by atoms with Gasteiger partial charge in [-0.3, -0.25) is 4.99 Å². The summed E-state index contributed by atoms with van der Waals surface area (Å²) in [6.45, 7) is 6.88. The second-order valence-corrected chi connectivity index (χ2v) is 6.69. The van der Waals surface area contributed by atoms with Crippen LogP contribution in [-0.4, -0.2) is 47.5 Å². The first-order valence-electron chi connectivity index (χ1n) is 8.80. The Hall–Kier alpha value is -1.20. The Bertz CT molecular complexity index is 709. The molecule has 2 N–H and O–H groups in total. The van der Waals surface area contributed by atoms with E-state index in [1.165, 1.54) is 5.56 Å². The van der Waals surface area contributed by atoms with Crippen LogP contribution in [0.1, 0.15) is 31.3 Å². The Morgan fingerprint density at radius 2 is 2.15 bits per heavy atom. The third-order valence-corrected chi connectivity index (χ3v) is 4.67. The lowest BCUT2D eigenvalue weighted by Crippen LogP contribution is -2.40. The number of hydrogen-bond acceptors (Lipinski definition) is 4. The van der Waals surface area contributed by atoms with Crippen molar-refractivity contribution in [1.82, 2.24) is 25.4 Å². The van der Waals surface area contributed by atoms with Crippen molar-refractivity contribution in [3.63, 3.8) is 0 Å². The molecule has 1 atom stereocenters. The average molecular weight is 551 g/mol. The van der Waals surface area contributed by atoms with Gasteiger partial charge in [-0.15, -0.1) is 34.2 Å². The van der Waals surface area contributed by atoms with Crippen molar-refractivity contribution in [3.05, 3.63) is 46.5 Å². The molecule has 9 heteroatoms. The first-order valence-corrected chi connectivity index (χ1v) is 9.59. The average Bonchev–Trinajstić information content (AvgIpc) is 3.09. The Balaban J connectivity index is 0.00000364. The summed E-state index contributed by atoms with van der Waals surface area (Å²) < 4.78 is 8.23. The van der Waals surface area contributed by atoms with Gasteiger partial charge in [-0.05, 0) is 18.6 Å². The van der Waals surface area contributed by atoms with Gasteiger partial charge >= 0.3 is 0 Å². The zero-order chi connectivity index (χ0) is 18.8. The van der Waals surface area contributed by atoms with Gasteiger partial charge in [0, 0.05) is 31.1 Å². The summed E-state index contributed by atoms with van der Waals surface area (Å²) >= 11 is 3.61. The number of nitrogens with zero attached hydrogens (tertiary/aromatic N) is 4. The maximum atomic E-state index is 5.10. The van der Waals surface area contributed by atoms with Crippen LogP contribution in [0.15, 0.2) is 40.1 Å². The summed E-state index contributed by atoms with van der Waals surface area (Å²) in [6, 6.07) is 8.29. The van der Waals surface area contributed by atoms with Gasteiger partial charge in [-0.2, -0.15) is 0 Å². The van der Waals surface area contributed by atoms with Crippen LogP contribution in [0.5, 0.6) is 0 Å². The molecule has 0 fully saturated rings. The highest BCUT2D eigenvalue weighted by Gasteiger charge is 2.11. The van der Waals surface area contributed by atoms with Crippen LogP contribution in [0.3, 0.4) is 0 Å². The van der Waals surface area contributed by atoms with Crippen LogP contribution < -0.4 is 10.6 Å². The summed E-state index contributed by atoms with van der Waals surface area (Å²) in [5, 5.41) is 14.9. The van der Waals surface area contributed by atoms with E-state index in [1.807, 2.05) is 18.2 Å². The fraction of sp³-hybridized carbons (Fsp3) is 0.500. The second kappa shape index (κ2) is 13.1. The van der Waals surface area contributed by atoms with E-state index < -0.39 is 0 Å². The minimum absolute atomic E-state index is 0. The molecule has 1 aromatic heterocycles. The van der Waals surface area contributed by atoms with Crippen LogP contribution in [0.25, 0.3) is 0 Å². The number of hydrogen-bond donors (Lipinski definition) is 2. The molecule has 150 valence electrons. The molecule has 0 aliphatic rings. The van der Waals surface area contributed by atoms with Crippen molar-refractivity contribution in [2.75, 3.05) is 26.8 Å². The highest BCUT2D eigenvalue weighted by molar-refractivity contribution is 14.0. The van der Waals surface area contributed by atoms with Gasteiger partial charge in [0.15, 0.2) is 5.96 Å². The minimum atomic E-state index is 0. The summed E-state index contributed by atoms with van der Waals surface area (Å²) in [7, 11) is 1.68. The number of aryl methyl sites for hydroxylation is 1. The number of methoxy groups -OCH3 is 1. The highest BCUT2D eigenvalue weighted by Crippen LogP contribution is 2.22. The number of aliphatic imine (C=N–C) groups is 1. The van der Waals surface area contributed by atoms with E-state index >= 15 is 0 Å². The minimum Gasteiger partial charge on any atom is -0.383 e. The number of ether oxygens (including phenoxy) is 1. The lowest BCUT2D eigenvalue weighted by molar-refractivity contribution is 0.208. The number of halogens is 2. The Morgan fingerprint density at radius 1 is 1.37 bits per heavy atom. The van der Waals surface area contributed by atoms with Crippen molar-refractivity contribution in [1.29, 1.82) is 0 Å². The van der Waals surface area contributed by atoms with Crippen LogP contribution in [0.4, 0.5) is 0 Å². The zero-order valence-electron chi connectivity index (χ0n) is 16.0. The predicted molar refractivity (Wildman–Crippen MR) is 123 cm³/mol. The van der Waals surface area contributed by atoms with Gasteiger partial charge in [0.1, 0.15) is 12.2 Å². The fourth-order valence-electron chi connectivity index (χ4n) is 2.54. The van der Waals surface area contributed by atoms with E-state index in [-0.39, 0.29) is 30.0 Å². The molecule has 0 aliphatic heterocycles. The largest absolute Gasteiger partial charge is 0.383 e. The van der Waals surface area contributed by atoms with Crippen molar-refractivity contribution in [3.8, 4) is 0 Å². The number of benzene rings is 1. The molecule has 1 aromatic carbocycles.